The van der Waals surface area contributed by atoms with E-state index in [1.54, 1.807) is 0 Å². The summed E-state index contributed by atoms with van der Waals surface area (Å²) in [6, 6.07) is 18.2. The summed E-state index contributed by atoms with van der Waals surface area (Å²) in [5, 5.41) is 10.7. The highest BCUT2D eigenvalue weighted by atomic mass is 32.1. The first kappa shape index (κ1) is 22.3. The van der Waals surface area contributed by atoms with Gasteiger partial charge < -0.3 is 10.1 Å². The van der Waals surface area contributed by atoms with Crippen molar-refractivity contribution in [2.24, 2.45) is 0 Å². The number of benzene rings is 2. The minimum Gasteiger partial charge on any atom is -0.493 e. The molecule has 0 saturated carbocycles. The van der Waals surface area contributed by atoms with Crippen molar-refractivity contribution < 1.29 is 9.53 Å². The number of carbonyl (C=O) groups is 1. The summed E-state index contributed by atoms with van der Waals surface area (Å²) in [6.07, 6.45) is 5.14. The fourth-order valence-electron chi connectivity index (χ4n) is 4.51. The lowest BCUT2D eigenvalue weighted by Gasteiger charge is -2.24. The Balaban J connectivity index is 1.25. The Kier molecular flexibility index (Phi) is 6.72. The Bertz CT molecular complexity index is 1260. The van der Waals surface area contributed by atoms with Crippen LogP contribution in [0.1, 0.15) is 48.3 Å². The molecular formula is C27H28N4O2S. The summed E-state index contributed by atoms with van der Waals surface area (Å²) in [7, 11) is 0. The van der Waals surface area contributed by atoms with Gasteiger partial charge in [-0.15, -0.1) is 11.3 Å². The molecule has 7 heteroatoms. The summed E-state index contributed by atoms with van der Waals surface area (Å²) < 4.78 is 7.81. The van der Waals surface area contributed by atoms with Gasteiger partial charge in [0, 0.05) is 16.6 Å². The van der Waals surface area contributed by atoms with E-state index in [0.717, 1.165) is 53.4 Å². The summed E-state index contributed by atoms with van der Waals surface area (Å²) in [5.41, 5.74) is 5.33. The third-order valence-corrected chi connectivity index (χ3v) is 7.01. The van der Waals surface area contributed by atoms with Crippen LogP contribution in [-0.4, -0.2) is 27.3 Å². The van der Waals surface area contributed by atoms with Crippen LogP contribution in [0.15, 0.2) is 66.2 Å². The first-order chi connectivity index (χ1) is 16.7. The van der Waals surface area contributed by atoms with Crippen molar-refractivity contribution in [1.82, 2.24) is 20.1 Å². The maximum absolute atomic E-state index is 12.9. The van der Waals surface area contributed by atoms with Gasteiger partial charge in [0.1, 0.15) is 10.8 Å². The van der Waals surface area contributed by atoms with Gasteiger partial charge in [0.15, 0.2) is 0 Å². The second-order valence-corrected chi connectivity index (χ2v) is 9.31. The summed E-state index contributed by atoms with van der Waals surface area (Å²) in [4.78, 5) is 17.6. The van der Waals surface area contributed by atoms with Crippen LogP contribution in [-0.2, 0) is 24.2 Å². The van der Waals surface area contributed by atoms with E-state index in [1.807, 2.05) is 61.0 Å². The lowest BCUT2D eigenvalue weighted by Crippen LogP contribution is -2.32. The molecule has 34 heavy (non-hydrogen) atoms. The van der Waals surface area contributed by atoms with Crippen LogP contribution < -0.4 is 10.1 Å². The van der Waals surface area contributed by atoms with Crippen LogP contribution in [0.2, 0.25) is 0 Å². The number of fused-ring (bicyclic) bond motifs is 1. The number of hydrogen-bond acceptors (Lipinski definition) is 5. The highest BCUT2D eigenvalue weighted by molar-refractivity contribution is 7.13. The van der Waals surface area contributed by atoms with Gasteiger partial charge in [-0.2, -0.15) is 5.10 Å². The lowest BCUT2D eigenvalue weighted by atomic mass is 9.92. The molecule has 0 saturated heterocycles. The van der Waals surface area contributed by atoms with Crippen LogP contribution in [0, 0.1) is 0 Å². The molecule has 4 aromatic rings. The number of amides is 1. The highest BCUT2D eigenvalue weighted by Crippen LogP contribution is 2.33. The van der Waals surface area contributed by atoms with Gasteiger partial charge in [-0.05, 0) is 43.9 Å². The summed E-state index contributed by atoms with van der Waals surface area (Å²) >= 11 is 1.54. The molecule has 2 heterocycles. The Morgan fingerprint density at radius 1 is 1.18 bits per heavy atom. The van der Waals surface area contributed by atoms with Crippen LogP contribution >= 0.6 is 11.3 Å². The standard InChI is InChI=1S/C27H28N4O2S/c1-2-33-25-14-7-6-11-21(25)27-29-20(18-34-27)15-26(32)30-23-12-8-13-24-22(23)16-28-31(24)17-19-9-4-3-5-10-19/h3-7,9-11,14,16,18,23H,2,8,12-13,15,17H2,1H3,(H,30,32). The molecule has 0 fully saturated rings. The SMILES string of the molecule is CCOc1ccccc1-c1nc(CC(=O)NC2CCCc3c2cnn3Cc2ccccc2)cs1. The van der Waals surface area contributed by atoms with Gasteiger partial charge in [0.25, 0.3) is 0 Å². The van der Waals surface area contributed by atoms with E-state index in [-0.39, 0.29) is 18.4 Å². The molecule has 1 N–H and O–H groups in total. The van der Waals surface area contributed by atoms with E-state index in [2.05, 4.69) is 27.2 Å². The van der Waals surface area contributed by atoms with Crippen molar-refractivity contribution in [2.45, 2.75) is 45.2 Å². The smallest absolute Gasteiger partial charge is 0.226 e. The fraction of sp³-hybridized carbons (Fsp3) is 0.296. The predicted octanol–water partition coefficient (Wildman–Crippen LogP) is 5.19. The number of nitrogens with zero attached hydrogens (tertiary/aromatic N) is 3. The molecule has 0 aliphatic heterocycles. The van der Waals surface area contributed by atoms with Gasteiger partial charge in [-0.1, -0.05) is 42.5 Å². The minimum atomic E-state index is -0.0106. The van der Waals surface area contributed by atoms with E-state index >= 15 is 0 Å². The second-order valence-electron chi connectivity index (χ2n) is 8.45. The number of carbonyl (C=O) groups excluding carboxylic acids is 1. The molecule has 1 amide bonds. The largest absolute Gasteiger partial charge is 0.493 e. The third kappa shape index (κ3) is 4.89. The monoisotopic (exact) mass is 472 g/mol. The number of para-hydroxylation sites is 1. The summed E-state index contributed by atoms with van der Waals surface area (Å²) in [5.74, 6) is 0.807. The number of ether oxygens (including phenoxy) is 1. The molecular weight excluding hydrogens is 444 g/mol. The molecule has 174 valence electrons. The van der Waals surface area contributed by atoms with Gasteiger partial charge in [-0.3, -0.25) is 9.48 Å². The zero-order valence-electron chi connectivity index (χ0n) is 19.2. The van der Waals surface area contributed by atoms with Crippen molar-refractivity contribution in [3.8, 4) is 16.3 Å². The zero-order valence-corrected chi connectivity index (χ0v) is 20.1. The van der Waals surface area contributed by atoms with Crippen LogP contribution in [0.25, 0.3) is 10.6 Å². The molecule has 1 unspecified atom stereocenters. The maximum Gasteiger partial charge on any atom is 0.226 e. The third-order valence-electron chi connectivity index (χ3n) is 6.08. The molecule has 1 aliphatic rings. The van der Waals surface area contributed by atoms with Crippen LogP contribution in [0.4, 0.5) is 0 Å². The number of thiazole rings is 1. The molecule has 2 aromatic carbocycles. The van der Waals surface area contributed by atoms with Gasteiger partial charge in [-0.25, -0.2) is 4.98 Å². The molecule has 6 nitrogen and oxygen atoms in total. The molecule has 0 spiro atoms. The second kappa shape index (κ2) is 10.2. The topological polar surface area (TPSA) is 69.0 Å². The molecule has 5 rings (SSSR count). The number of nitrogens with one attached hydrogen (secondary N) is 1. The van der Waals surface area contributed by atoms with Gasteiger partial charge >= 0.3 is 0 Å². The molecule has 1 atom stereocenters. The summed E-state index contributed by atoms with van der Waals surface area (Å²) in [6.45, 7) is 3.32. The quantitative estimate of drug-likeness (QED) is 0.383. The Labute approximate surface area is 203 Å². The minimum absolute atomic E-state index is 0.00226. The average molecular weight is 473 g/mol. The lowest BCUT2D eigenvalue weighted by molar-refractivity contribution is -0.121. The van der Waals surface area contributed by atoms with E-state index < -0.39 is 0 Å². The van der Waals surface area contributed by atoms with Crippen molar-refractivity contribution in [3.63, 3.8) is 0 Å². The van der Waals surface area contributed by atoms with Crippen molar-refractivity contribution >= 4 is 17.2 Å². The molecule has 0 bridgehead atoms. The fourth-order valence-corrected chi connectivity index (χ4v) is 5.36. The van der Waals surface area contributed by atoms with Gasteiger partial charge in [0.2, 0.25) is 5.91 Å². The first-order valence-electron chi connectivity index (χ1n) is 11.8. The highest BCUT2D eigenvalue weighted by Gasteiger charge is 2.26. The normalized spacial score (nSPS) is 15.0. The molecule has 2 aromatic heterocycles. The van der Waals surface area contributed by atoms with Crippen molar-refractivity contribution in [1.29, 1.82) is 0 Å². The zero-order chi connectivity index (χ0) is 23.3. The molecule has 0 radical (unpaired) electrons. The number of hydrogen-bond donors (Lipinski definition) is 1. The van der Waals surface area contributed by atoms with E-state index in [0.29, 0.717) is 6.61 Å². The Morgan fingerprint density at radius 3 is 2.85 bits per heavy atom. The Morgan fingerprint density at radius 2 is 2.00 bits per heavy atom. The van der Waals surface area contributed by atoms with Crippen LogP contribution in [0.3, 0.4) is 0 Å². The Hall–Kier alpha value is -3.45. The average Bonchev–Trinajstić information content (AvgIpc) is 3.48. The van der Waals surface area contributed by atoms with E-state index in [1.165, 1.54) is 22.6 Å². The van der Waals surface area contributed by atoms with E-state index in [9.17, 15) is 4.79 Å². The van der Waals surface area contributed by atoms with Crippen molar-refractivity contribution in [3.05, 3.63) is 88.7 Å². The predicted molar refractivity (Wildman–Crippen MR) is 134 cm³/mol. The van der Waals surface area contributed by atoms with E-state index in [4.69, 9.17) is 9.72 Å². The molecule has 1 aliphatic carbocycles. The van der Waals surface area contributed by atoms with Crippen molar-refractivity contribution in [2.75, 3.05) is 6.61 Å². The number of aromatic nitrogens is 3. The first-order valence-corrected chi connectivity index (χ1v) is 12.6. The number of rotatable bonds is 8. The maximum atomic E-state index is 12.9. The van der Waals surface area contributed by atoms with Crippen LogP contribution in [0.5, 0.6) is 5.75 Å². The van der Waals surface area contributed by atoms with Gasteiger partial charge in [0.05, 0.1) is 43.1 Å².